The maximum atomic E-state index is 12.5. The van der Waals surface area contributed by atoms with Crippen molar-refractivity contribution >= 4 is 51.2 Å². The Bertz CT molecular complexity index is 1080. The lowest BCUT2D eigenvalue weighted by Gasteiger charge is -2.11. The zero-order valence-electron chi connectivity index (χ0n) is 15.6. The molecule has 0 bridgehead atoms. The second-order valence-electron chi connectivity index (χ2n) is 5.30. The summed E-state index contributed by atoms with van der Waals surface area (Å²) in [6.07, 6.45) is 1.29. The first-order valence-electron chi connectivity index (χ1n) is 8.14. The smallest absolute Gasteiger partial charge is 0.397 e. The molecule has 1 aromatic heterocycles. The molecule has 0 radical (unpaired) electrons. The molecule has 0 fully saturated rings. The maximum Gasteiger partial charge on any atom is 0.397 e. The van der Waals surface area contributed by atoms with Gasteiger partial charge in [-0.2, -0.15) is 4.98 Å². The number of amides is 3. The standard InChI is InChI=1S/C16H16ClN5O7S/c1-3-29-14(24)13(23)19-9-4-5-10(17)11(8-9)30(26,27)22-16(25)21-15-18-7-6-12(20-15)28-2/h4-8H,3H2,1-2H3,(H,19,23)(H2,18,20,21,22,25). The van der Waals surface area contributed by atoms with Crippen molar-refractivity contribution in [2.45, 2.75) is 11.8 Å². The predicted octanol–water partition coefficient (Wildman–Crippen LogP) is 1.15. The number of nitrogens with one attached hydrogen (secondary N) is 3. The molecule has 14 heteroatoms. The van der Waals surface area contributed by atoms with E-state index < -0.39 is 32.8 Å². The van der Waals surface area contributed by atoms with Gasteiger partial charge in [0.2, 0.25) is 11.8 Å². The van der Waals surface area contributed by atoms with E-state index in [0.717, 1.165) is 6.07 Å². The van der Waals surface area contributed by atoms with Gasteiger partial charge in [-0.3, -0.25) is 10.1 Å². The zero-order chi connectivity index (χ0) is 22.3. The van der Waals surface area contributed by atoms with E-state index in [1.54, 1.807) is 4.72 Å². The minimum atomic E-state index is -4.46. The fraction of sp³-hybridized carbons (Fsp3) is 0.188. The largest absolute Gasteiger partial charge is 0.481 e. The van der Waals surface area contributed by atoms with E-state index in [2.05, 4.69) is 25.3 Å². The summed E-state index contributed by atoms with van der Waals surface area (Å²) in [4.78, 5) is 42.2. The average Bonchev–Trinajstić information content (AvgIpc) is 2.69. The van der Waals surface area contributed by atoms with Crippen LogP contribution >= 0.6 is 11.6 Å². The molecule has 12 nitrogen and oxygen atoms in total. The maximum absolute atomic E-state index is 12.5. The quantitative estimate of drug-likeness (QED) is 0.426. The molecule has 160 valence electrons. The van der Waals surface area contributed by atoms with Crippen LogP contribution in [-0.2, 0) is 24.3 Å². The lowest BCUT2D eigenvalue weighted by Crippen LogP contribution is -2.35. The monoisotopic (exact) mass is 457 g/mol. The third-order valence-corrected chi connectivity index (χ3v) is 5.04. The number of rotatable bonds is 6. The van der Waals surface area contributed by atoms with Crippen molar-refractivity contribution in [3.63, 3.8) is 0 Å². The number of carbonyl (C=O) groups excluding carboxylic acids is 3. The Kier molecular flexibility index (Phi) is 7.49. The first-order chi connectivity index (χ1) is 14.2. The number of nitrogens with zero attached hydrogens (tertiary/aromatic N) is 2. The van der Waals surface area contributed by atoms with Crippen molar-refractivity contribution in [2.75, 3.05) is 24.4 Å². The number of urea groups is 1. The van der Waals surface area contributed by atoms with Crippen LogP contribution < -0.4 is 20.1 Å². The van der Waals surface area contributed by atoms with Crippen molar-refractivity contribution in [1.82, 2.24) is 14.7 Å². The number of anilines is 2. The van der Waals surface area contributed by atoms with E-state index in [4.69, 9.17) is 16.3 Å². The molecule has 1 heterocycles. The molecular weight excluding hydrogens is 442 g/mol. The van der Waals surface area contributed by atoms with Crippen LogP contribution in [0, 0.1) is 0 Å². The number of halogens is 1. The van der Waals surface area contributed by atoms with Gasteiger partial charge in [0, 0.05) is 18.0 Å². The Labute approximate surface area is 176 Å². The van der Waals surface area contributed by atoms with E-state index in [-0.39, 0.29) is 29.1 Å². The minimum Gasteiger partial charge on any atom is -0.481 e. The van der Waals surface area contributed by atoms with Gasteiger partial charge in [-0.1, -0.05) is 11.6 Å². The highest BCUT2D eigenvalue weighted by Gasteiger charge is 2.23. The number of benzene rings is 1. The summed E-state index contributed by atoms with van der Waals surface area (Å²) in [5.74, 6) is -2.31. The third kappa shape index (κ3) is 6.02. The van der Waals surface area contributed by atoms with Crippen molar-refractivity contribution < 1.29 is 32.3 Å². The number of hydrogen-bond donors (Lipinski definition) is 3. The molecule has 0 saturated heterocycles. The highest BCUT2D eigenvalue weighted by atomic mass is 35.5. The second-order valence-corrected chi connectivity index (χ2v) is 7.36. The van der Waals surface area contributed by atoms with E-state index >= 15 is 0 Å². The number of sulfonamides is 1. The van der Waals surface area contributed by atoms with Crippen LogP contribution in [0.3, 0.4) is 0 Å². The van der Waals surface area contributed by atoms with Crippen LogP contribution in [0.1, 0.15) is 6.92 Å². The minimum absolute atomic E-state index is 0.0114. The number of aromatic nitrogens is 2. The number of ether oxygens (including phenoxy) is 2. The molecule has 0 unspecified atom stereocenters. The number of esters is 1. The molecule has 0 aliphatic rings. The van der Waals surface area contributed by atoms with E-state index in [9.17, 15) is 22.8 Å². The molecule has 3 amide bonds. The van der Waals surface area contributed by atoms with E-state index in [1.807, 2.05) is 0 Å². The van der Waals surface area contributed by atoms with Crippen LogP contribution in [0.2, 0.25) is 5.02 Å². The molecule has 30 heavy (non-hydrogen) atoms. The van der Waals surface area contributed by atoms with Crippen molar-refractivity contribution in [3.05, 3.63) is 35.5 Å². The van der Waals surface area contributed by atoms with Crippen LogP contribution in [-0.4, -0.2) is 50.0 Å². The Morgan fingerprint density at radius 2 is 1.90 bits per heavy atom. The Hall–Kier alpha value is -3.45. The van der Waals surface area contributed by atoms with Crippen molar-refractivity contribution in [2.24, 2.45) is 0 Å². The first-order valence-corrected chi connectivity index (χ1v) is 10.0. The van der Waals surface area contributed by atoms with Gasteiger partial charge in [-0.25, -0.2) is 27.7 Å². The van der Waals surface area contributed by atoms with E-state index in [0.29, 0.717) is 0 Å². The van der Waals surface area contributed by atoms with Gasteiger partial charge in [-0.15, -0.1) is 0 Å². The van der Waals surface area contributed by atoms with Crippen LogP contribution in [0.4, 0.5) is 16.4 Å². The van der Waals surface area contributed by atoms with Crippen LogP contribution in [0.15, 0.2) is 35.4 Å². The van der Waals surface area contributed by atoms with E-state index in [1.165, 1.54) is 38.4 Å². The molecule has 2 rings (SSSR count). The summed E-state index contributed by atoms with van der Waals surface area (Å²) >= 11 is 5.92. The van der Waals surface area contributed by atoms with Gasteiger partial charge >= 0.3 is 17.9 Å². The molecular formula is C16H16ClN5O7S. The average molecular weight is 458 g/mol. The lowest BCUT2D eigenvalue weighted by atomic mass is 10.3. The SMILES string of the molecule is CCOC(=O)C(=O)Nc1ccc(Cl)c(S(=O)(=O)NC(=O)Nc2nccc(OC)n2)c1. The van der Waals surface area contributed by atoms with Crippen LogP contribution in [0.25, 0.3) is 0 Å². The Morgan fingerprint density at radius 3 is 2.57 bits per heavy atom. The number of hydrogen-bond acceptors (Lipinski definition) is 9. The summed E-state index contributed by atoms with van der Waals surface area (Å²) in [6, 6.07) is 3.66. The molecule has 2 aromatic rings. The number of carbonyl (C=O) groups is 3. The molecule has 1 aromatic carbocycles. The first kappa shape index (κ1) is 22.8. The van der Waals surface area contributed by atoms with Gasteiger partial charge in [0.05, 0.1) is 18.7 Å². The third-order valence-electron chi connectivity index (χ3n) is 3.23. The fourth-order valence-corrected chi connectivity index (χ4v) is 3.42. The topological polar surface area (TPSA) is 166 Å². The summed E-state index contributed by atoms with van der Waals surface area (Å²) < 4.78 is 36.2. The molecule has 0 spiro atoms. The van der Waals surface area contributed by atoms with Gasteiger partial charge in [0.1, 0.15) is 4.90 Å². The molecule has 0 aliphatic heterocycles. The summed E-state index contributed by atoms with van der Waals surface area (Å²) in [6.45, 7) is 1.51. The number of methoxy groups -OCH3 is 1. The van der Waals surface area contributed by atoms with Crippen LogP contribution in [0.5, 0.6) is 5.88 Å². The molecule has 0 saturated carbocycles. The van der Waals surface area contributed by atoms with Crippen molar-refractivity contribution in [3.8, 4) is 5.88 Å². The summed E-state index contributed by atoms with van der Waals surface area (Å²) in [5.41, 5.74) is -0.0608. The van der Waals surface area contributed by atoms with Gasteiger partial charge in [0.25, 0.3) is 10.0 Å². The molecule has 0 aliphatic carbocycles. The normalized spacial score (nSPS) is 10.6. The van der Waals surface area contributed by atoms with Gasteiger partial charge in [0.15, 0.2) is 0 Å². The summed E-state index contributed by atoms with van der Waals surface area (Å²) in [5, 5.41) is 4.07. The van der Waals surface area contributed by atoms with Gasteiger partial charge < -0.3 is 14.8 Å². The fourth-order valence-electron chi connectivity index (χ4n) is 1.99. The van der Waals surface area contributed by atoms with Gasteiger partial charge in [-0.05, 0) is 25.1 Å². The molecule has 0 atom stereocenters. The molecule has 3 N–H and O–H groups in total. The summed E-state index contributed by atoms with van der Waals surface area (Å²) in [7, 11) is -3.11. The zero-order valence-corrected chi connectivity index (χ0v) is 17.2. The van der Waals surface area contributed by atoms with Crippen molar-refractivity contribution in [1.29, 1.82) is 0 Å². The Morgan fingerprint density at radius 1 is 1.17 bits per heavy atom. The predicted molar refractivity (Wildman–Crippen MR) is 105 cm³/mol. The second kappa shape index (κ2) is 9.84. The highest BCUT2D eigenvalue weighted by molar-refractivity contribution is 7.90. The highest BCUT2D eigenvalue weighted by Crippen LogP contribution is 2.25. The lowest BCUT2D eigenvalue weighted by molar-refractivity contribution is -0.152. The Balaban J connectivity index is 2.17.